The smallest absolute Gasteiger partial charge is 0.301 e. The average molecular weight is 253 g/mol. The van der Waals surface area contributed by atoms with Crippen LogP contribution in [0.5, 0.6) is 0 Å². The first-order valence-electron chi connectivity index (χ1n) is 4.80. The summed E-state index contributed by atoms with van der Waals surface area (Å²) in [4.78, 5) is 21.5. The summed E-state index contributed by atoms with van der Waals surface area (Å²) >= 11 is 0. The quantitative estimate of drug-likeness (QED) is 0.367. The first kappa shape index (κ1) is 13.4. The number of nitro benzene ring substituents is 2. The Morgan fingerprint density at radius 1 is 1.28 bits per heavy atom. The van der Waals surface area contributed by atoms with Crippen molar-refractivity contribution in [3.63, 3.8) is 0 Å². The van der Waals surface area contributed by atoms with E-state index < -0.39 is 15.5 Å². The Bertz CT molecular complexity index is 500. The third kappa shape index (κ3) is 3.40. The van der Waals surface area contributed by atoms with Gasteiger partial charge < -0.3 is 4.90 Å². The van der Waals surface area contributed by atoms with E-state index in [1.807, 2.05) is 0 Å². The highest BCUT2D eigenvalue weighted by Gasteiger charge is 2.18. The Kier molecular flexibility index (Phi) is 4.13. The summed E-state index contributed by atoms with van der Waals surface area (Å²) in [7, 11) is 3.46. The van der Waals surface area contributed by atoms with E-state index in [2.05, 4.69) is 10.5 Å². The number of nitro groups is 2. The maximum Gasteiger partial charge on any atom is 0.301 e. The van der Waals surface area contributed by atoms with Crippen molar-refractivity contribution < 1.29 is 9.85 Å². The van der Waals surface area contributed by atoms with Crippen molar-refractivity contribution in [2.24, 2.45) is 5.10 Å². The van der Waals surface area contributed by atoms with Crippen LogP contribution in [-0.4, -0.2) is 35.2 Å². The van der Waals surface area contributed by atoms with E-state index in [0.717, 1.165) is 6.07 Å². The fourth-order valence-electron chi connectivity index (χ4n) is 1.09. The summed E-state index contributed by atoms with van der Waals surface area (Å²) in [5, 5.41) is 25.0. The van der Waals surface area contributed by atoms with Gasteiger partial charge in [-0.15, -0.1) is 0 Å². The molecule has 1 aromatic carbocycles. The third-order valence-corrected chi connectivity index (χ3v) is 1.86. The molecule has 0 fully saturated rings. The Balaban J connectivity index is 3.04. The monoisotopic (exact) mass is 253 g/mol. The lowest BCUT2D eigenvalue weighted by atomic mass is 10.2. The molecule has 9 nitrogen and oxygen atoms in total. The van der Waals surface area contributed by atoms with Crippen LogP contribution in [0.4, 0.5) is 17.1 Å². The van der Waals surface area contributed by atoms with Crippen molar-refractivity contribution in [1.82, 2.24) is 4.90 Å². The normalized spacial score (nSPS) is 10.3. The topological polar surface area (TPSA) is 114 Å². The molecule has 0 radical (unpaired) electrons. The molecule has 1 N–H and O–H groups in total. The van der Waals surface area contributed by atoms with E-state index in [4.69, 9.17) is 0 Å². The van der Waals surface area contributed by atoms with Crippen molar-refractivity contribution in [3.05, 3.63) is 38.4 Å². The molecule has 0 aliphatic heterocycles. The van der Waals surface area contributed by atoms with Gasteiger partial charge in [0.25, 0.3) is 5.69 Å². The Morgan fingerprint density at radius 2 is 1.94 bits per heavy atom. The van der Waals surface area contributed by atoms with Gasteiger partial charge in [0.05, 0.1) is 15.9 Å². The van der Waals surface area contributed by atoms with Gasteiger partial charge in [-0.2, -0.15) is 5.10 Å². The van der Waals surface area contributed by atoms with E-state index in [0.29, 0.717) is 0 Å². The number of benzene rings is 1. The SMILES string of the molecule is CN(C)C=NNc1ccc([N+](=O)[O-])cc1[N+](=O)[O-]. The maximum atomic E-state index is 10.8. The fourth-order valence-corrected chi connectivity index (χ4v) is 1.09. The van der Waals surface area contributed by atoms with Crippen LogP contribution in [-0.2, 0) is 0 Å². The second kappa shape index (κ2) is 5.57. The fraction of sp³-hybridized carbons (Fsp3) is 0.222. The molecule has 0 aliphatic carbocycles. The lowest BCUT2D eigenvalue weighted by Crippen LogP contribution is -2.09. The van der Waals surface area contributed by atoms with Gasteiger partial charge in [-0.25, -0.2) is 0 Å². The van der Waals surface area contributed by atoms with E-state index in [1.165, 1.54) is 18.5 Å². The first-order chi connectivity index (χ1) is 8.41. The standard InChI is InChI=1S/C9H11N5O4/c1-12(2)6-10-11-8-4-3-7(13(15)16)5-9(8)14(17)18/h3-6,11H,1-2H3. The lowest BCUT2D eigenvalue weighted by Gasteiger charge is -2.04. The molecule has 0 aliphatic rings. The molecule has 0 atom stereocenters. The second-order valence-corrected chi connectivity index (χ2v) is 3.54. The van der Waals surface area contributed by atoms with E-state index in [9.17, 15) is 20.2 Å². The highest BCUT2D eigenvalue weighted by atomic mass is 16.6. The molecule has 0 saturated heterocycles. The molecule has 18 heavy (non-hydrogen) atoms. The van der Waals surface area contributed by atoms with Crippen LogP contribution in [0, 0.1) is 20.2 Å². The number of non-ortho nitro benzene ring substituents is 1. The molecular formula is C9H11N5O4. The van der Waals surface area contributed by atoms with Crippen LogP contribution >= 0.6 is 0 Å². The minimum Gasteiger partial charge on any atom is -0.367 e. The van der Waals surface area contributed by atoms with Crippen molar-refractivity contribution in [1.29, 1.82) is 0 Å². The number of anilines is 1. The Hall–Kier alpha value is -2.71. The number of hydrazone groups is 1. The van der Waals surface area contributed by atoms with Crippen molar-refractivity contribution in [2.75, 3.05) is 19.5 Å². The Morgan fingerprint density at radius 3 is 2.44 bits per heavy atom. The van der Waals surface area contributed by atoms with Crippen molar-refractivity contribution >= 4 is 23.4 Å². The lowest BCUT2D eigenvalue weighted by molar-refractivity contribution is -0.393. The molecule has 0 spiro atoms. The summed E-state index contributed by atoms with van der Waals surface area (Å²) in [6.07, 6.45) is 1.41. The van der Waals surface area contributed by atoms with E-state index in [1.54, 1.807) is 19.0 Å². The predicted octanol–water partition coefficient (Wildman–Crippen LogP) is 1.42. The van der Waals surface area contributed by atoms with Crippen LogP contribution in [0.1, 0.15) is 0 Å². The van der Waals surface area contributed by atoms with Gasteiger partial charge in [0.1, 0.15) is 12.0 Å². The van der Waals surface area contributed by atoms with Crippen LogP contribution in [0.25, 0.3) is 0 Å². The summed E-state index contributed by atoms with van der Waals surface area (Å²) in [6.45, 7) is 0. The van der Waals surface area contributed by atoms with Crippen LogP contribution in [0.2, 0.25) is 0 Å². The van der Waals surface area contributed by atoms with Gasteiger partial charge in [-0.3, -0.25) is 25.7 Å². The summed E-state index contributed by atoms with van der Waals surface area (Å²) < 4.78 is 0. The number of nitrogens with zero attached hydrogens (tertiary/aromatic N) is 4. The molecule has 1 rings (SSSR count). The van der Waals surface area contributed by atoms with Crippen LogP contribution < -0.4 is 5.43 Å². The second-order valence-electron chi connectivity index (χ2n) is 3.54. The zero-order valence-corrected chi connectivity index (χ0v) is 9.73. The minimum absolute atomic E-state index is 0.0868. The summed E-state index contributed by atoms with van der Waals surface area (Å²) in [5.41, 5.74) is 1.80. The molecule has 1 aromatic rings. The summed E-state index contributed by atoms with van der Waals surface area (Å²) in [6, 6.07) is 3.29. The zero-order valence-electron chi connectivity index (χ0n) is 9.73. The van der Waals surface area contributed by atoms with Crippen LogP contribution in [0.3, 0.4) is 0 Å². The largest absolute Gasteiger partial charge is 0.367 e. The van der Waals surface area contributed by atoms with Gasteiger partial charge in [0.2, 0.25) is 0 Å². The molecule has 96 valence electrons. The van der Waals surface area contributed by atoms with E-state index >= 15 is 0 Å². The molecule has 0 aromatic heterocycles. The van der Waals surface area contributed by atoms with Gasteiger partial charge in [-0.1, -0.05) is 0 Å². The molecule has 0 saturated carbocycles. The highest BCUT2D eigenvalue weighted by molar-refractivity contribution is 5.66. The van der Waals surface area contributed by atoms with Crippen molar-refractivity contribution in [3.8, 4) is 0 Å². The van der Waals surface area contributed by atoms with Gasteiger partial charge in [0.15, 0.2) is 0 Å². The predicted molar refractivity (Wildman–Crippen MR) is 65.6 cm³/mol. The Labute approximate surface area is 102 Å². The molecule has 9 heteroatoms. The average Bonchev–Trinajstić information content (AvgIpc) is 2.28. The number of nitrogens with one attached hydrogen (secondary N) is 1. The molecule has 0 unspecified atom stereocenters. The third-order valence-electron chi connectivity index (χ3n) is 1.86. The first-order valence-corrected chi connectivity index (χ1v) is 4.80. The number of rotatable bonds is 5. The minimum atomic E-state index is -0.708. The zero-order chi connectivity index (χ0) is 13.7. The highest BCUT2D eigenvalue weighted by Crippen LogP contribution is 2.28. The molecule has 0 amide bonds. The molecular weight excluding hydrogens is 242 g/mol. The van der Waals surface area contributed by atoms with Gasteiger partial charge in [0, 0.05) is 20.2 Å². The maximum absolute atomic E-state index is 10.8. The number of hydrogen-bond donors (Lipinski definition) is 1. The van der Waals surface area contributed by atoms with E-state index in [-0.39, 0.29) is 11.4 Å². The van der Waals surface area contributed by atoms with Crippen molar-refractivity contribution in [2.45, 2.75) is 0 Å². The van der Waals surface area contributed by atoms with Crippen LogP contribution in [0.15, 0.2) is 23.3 Å². The number of hydrogen-bond acceptors (Lipinski definition) is 6. The van der Waals surface area contributed by atoms with Gasteiger partial charge >= 0.3 is 5.69 Å². The summed E-state index contributed by atoms with van der Waals surface area (Å²) in [5.74, 6) is 0. The molecule has 0 bridgehead atoms. The molecule has 0 heterocycles. The van der Waals surface area contributed by atoms with Gasteiger partial charge in [-0.05, 0) is 6.07 Å².